The lowest BCUT2D eigenvalue weighted by Crippen LogP contribution is -2.36. The molecule has 1 aliphatic heterocycles. The van der Waals surface area contributed by atoms with Crippen LogP contribution in [0.3, 0.4) is 0 Å². The quantitative estimate of drug-likeness (QED) is 0.615. The van der Waals surface area contributed by atoms with Crippen molar-refractivity contribution in [1.82, 2.24) is 4.98 Å². The summed E-state index contributed by atoms with van der Waals surface area (Å²) in [5.41, 5.74) is -0.123. The molecule has 2 heterocycles. The van der Waals surface area contributed by atoms with E-state index >= 15 is 0 Å². The fraction of sp³-hybridized carbons (Fsp3) is 0.700. The van der Waals surface area contributed by atoms with Crippen LogP contribution in [0.2, 0.25) is 0 Å². The summed E-state index contributed by atoms with van der Waals surface area (Å²) in [5.74, 6) is 0. The lowest BCUT2D eigenvalue weighted by molar-refractivity contribution is -0.112. The number of thiazole rings is 1. The van der Waals surface area contributed by atoms with Gasteiger partial charge in [0.05, 0.1) is 6.10 Å². The number of rotatable bonds is 2. The number of hydrogen-bond donors (Lipinski definition) is 0. The topological polar surface area (TPSA) is 22.1 Å². The molecule has 4 heteroatoms. The minimum absolute atomic E-state index is 0.123. The Morgan fingerprint density at radius 3 is 3.29 bits per heavy atom. The molecule has 1 fully saturated rings. The molecule has 2 rings (SSSR count). The van der Waals surface area contributed by atoms with Crippen LogP contribution in [-0.2, 0) is 10.3 Å². The molecular weight excluding hydrogens is 309 g/mol. The molecule has 0 radical (unpaired) electrons. The Hall–Kier alpha value is 0.320. The first-order chi connectivity index (χ1) is 6.74. The van der Waals surface area contributed by atoms with E-state index in [4.69, 9.17) is 4.74 Å². The Kier molecular flexibility index (Phi) is 3.44. The Morgan fingerprint density at radius 1 is 1.79 bits per heavy atom. The lowest BCUT2D eigenvalue weighted by atomic mass is 9.94. The second-order valence-electron chi connectivity index (χ2n) is 3.85. The maximum Gasteiger partial charge on any atom is 0.124 e. The van der Waals surface area contributed by atoms with Crippen molar-refractivity contribution >= 4 is 33.9 Å². The van der Waals surface area contributed by atoms with Gasteiger partial charge in [0.25, 0.3) is 0 Å². The molecule has 1 aromatic heterocycles. The van der Waals surface area contributed by atoms with E-state index in [0.717, 1.165) is 15.9 Å². The maximum atomic E-state index is 6.11. The number of halogens is 1. The van der Waals surface area contributed by atoms with Crippen molar-refractivity contribution in [1.29, 1.82) is 0 Å². The third-order valence-corrected chi connectivity index (χ3v) is 4.66. The fourth-order valence-electron chi connectivity index (χ4n) is 1.90. The summed E-state index contributed by atoms with van der Waals surface area (Å²) in [6.45, 7) is 2.17. The summed E-state index contributed by atoms with van der Waals surface area (Å²) in [7, 11) is 0. The van der Waals surface area contributed by atoms with Gasteiger partial charge in [0.1, 0.15) is 10.6 Å². The number of nitrogens with zero attached hydrogens (tertiary/aromatic N) is 1. The van der Waals surface area contributed by atoms with Gasteiger partial charge in [0, 0.05) is 16.0 Å². The highest BCUT2D eigenvalue weighted by Crippen LogP contribution is 2.38. The van der Waals surface area contributed by atoms with Gasteiger partial charge in [0.15, 0.2) is 0 Å². The summed E-state index contributed by atoms with van der Waals surface area (Å²) < 4.78 is 7.19. The van der Waals surface area contributed by atoms with Crippen molar-refractivity contribution in [3.8, 4) is 0 Å². The predicted molar refractivity (Wildman–Crippen MR) is 67.1 cm³/mol. The van der Waals surface area contributed by atoms with E-state index in [9.17, 15) is 0 Å². The third kappa shape index (κ3) is 2.12. The largest absolute Gasteiger partial charge is 0.364 e. The summed E-state index contributed by atoms with van der Waals surface area (Å²) in [5, 5.41) is 3.16. The zero-order valence-electron chi connectivity index (χ0n) is 8.20. The minimum atomic E-state index is -0.123. The molecule has 2 nitrogen and oxygen atoms in total. The highest BCUT2D eigenvalue weighted by atomic mass is 127. The summed E-state index contributed by atoms with van der Waals surface area (Å²) >= 11 is 4.10. The normalized spacial score (nSPS) is 33.1. The molecule has 0 saturated carbocycles. The molecule has 78 valence electrons. The Bertz CT molecular complexity index is 290. The standard InChI is InChI=1S/C10H14INOS/c1-10(9-12-5-6-14-9)4-2-3-8(7-11)13-10/h5-6,8H,2-4,7H2,1H3. The molecule has 1 saturated heterocycles. The second kappa shape index (κ2) is 4.45. The zero-order chi connectivity index (χ0) is 10.0. The van der Waals surface area contributed by atoms with E-state index in [2.05, 4.69) is 34.5 Å². The van der Waals surface area contributed by atoms with Crippen LogP contribution < -0.4 is 0 Å². The highest BCUT2D eigenvalue weighted by Gasteiger charge is 2.36. The molecule has 0 aliphatic carbocycles. The van der Waals surface area contributed by atoms with Crippen molar-refractivity contribution in [2.75, 3.05) is 4.43 Å². The van der Waals surface area contributed by atoms with Gasteiger partial charge in [-0.2, -0.15) is 0 Å². The Balaban J connectivity index is 2.15. The molecule has 0 bridgehead atoms. The van der Waals surface area contributed by atoms with Crippen LogP contribution in [0.15, 0.2) is 11.6 Å². The third-order valence-electron chi connectivity index (χ3n) is 2.66. The lowest BCUT2D eigenvalue weighted by Gasteiger charge is -2.36. The van der Waals surface area contributed by atoms with Crippen molar-refractivity contribution in [3.63, 3.8) is 0 Å². The van der Waals surface area contributed by atoms with Crippen molar-refractivity contribution in [3.05, 3.63) is 16.6 Å². The van der Waals surface area contributed by atoms with Gasteiger partial charge in [-0.1, -0.05) is 22.6 Å². The first-order valence-electron chi connectivity index (χ1n) is 4.88. The van der Waals surface area contributed by atoms with Crippen molar-refractivity contribution in [2.24, 2.45) is 0 Å². The monoisotopic (exact) mass is 323 g/mol. The summed E-state index contributed by atoms with van der Waals surface area (Å²) in [6.07, 6.45) is 5.84. The highest BCUT2D eigenvalue weighted by molar-refractivity contribution is 14.1. The second-order valence-corrected chi connectivity index (χ2v) is 5.63. The van der Waals surface area contributed by atoms with Crippen LogP contribution in [0.25, 0.3) is 0 Å². The Labute approximate surface area is 102 Å². The summed E-state index contributed by atoms with van der Waals surface area (Å²) in [4.78, 5) is 4.37. The fourth-order valence-corrected chi connectivity index (χ4v) is 3.30. The van der Waals surface area contributed by atoms with E-state index in [1.807, 2.05) is 11.6 Å². The average Bonchev–Trinajstić information content (AvgIpc) is 2.71. The first-order valence-corrected chi connectivity index (χ1v) is 7.29. The Morgan fingerprint density at radius 2 is 2.64 bits per heavy atom. The molecule has 0 N–H and O–H groups in total. The van der Waals surface area contributed by atoms with E-state index in [1.165, 1.54) is 12.8 Å². The minimum Gasteiger partial charge on any atom is -0.364 e. The molecule has 1 aromatic rings. The smallest absolute Gasteiger partial charge is 0.124 e. The first kappa shape index (κ1) is 10.8. The van der Waals surface area contributed by atoms with E-state index in [-0.39, 0.29) is 5.60 Å². The number of hydrogen-bond acceptors (Lipinski definition) is 3. The van der Waals surface area contributed by atoms with Gasteiger partial charge in [-0.3, -0.25) is 0 Å². The molecule has 0 spiro atoms. The van der Waals surface area contributed by atoms with Crippen molar-refractivity contribution < 1.29 is 4.74 Å². The maximum absolute atomic E-state index is 6.11. The van der Waals surface area contributed by atoms with Crippen LogP contribution in [0.1, 0.15) is 31.2 Å². The van der Waals surface area contributed by atoms with E-state index in [0.29, 0.717) is 6.10 Å². The van der Waals surface area contributed by atoms with E-state index < -0.39 is 0 Å². The molecular formula is C10H14INOS. The molecule has 0 aromatic carbocycles. The van der Waals surface area contributed by atoms with Gasteiger partial charge in [-0.15, -0.1) is 11.3 Å². The zero-order valence-corrected chi connectivity index (χ0v) is 11.2. The molecule has 2 unspecified atom stereocenters. The molecule has 2 atom stereocenters. The van der Waals surface area contributed by atoms with Crippen LogP contribution in [-0.4, -0.2) is 15.5 Å². The molecule has 1 aliphatic rings. The molecule has 0 amide bonds. The van der Waals surface area contributed by atoms with Crippen molar-refractivity contribution in [2.45, 2.75) is 37.9 Å². The van der Waals surface area contributed by atoms with Crippen LogP contribution in [0.4, 0.5) is 0 Å². The number of alkyl halides is 1. The molecule has 14 heavy (non-hydrogen) atoms. The van der Waals surface area contributed by atoms with Gasteiger partial charge in [0.2, 0.25) is 0 Å². The van der Waals surface area contributed by atoms with Gasteiger partial charge >= 0.3 is 0 Å². The average molecular weight is 323 g/mol. The van der Waals surface area contributed by atoms with Gasteiger partial charge in [-0.25, -0.2) is 4.98 Å². The van der Waals surface area contributed by atoms with Crippen LogP contribution in [0, 0.1) is 0 Å². The van der Waals surface area contributed by atoms with E-state index in [1.54, 1.807) is 11.3 Å². The number of ether oxygens (including phenoxy) is 1. The van der Waals surface area contributed by atoms with Crippen LogP contribution >= 0.6 is 33.9 Å². The van der Waals surface area contributed by atoms with Gasteiger partial charge in [-0.05, 0) is 26.2 Å². The van der Waals surface area contributed by atoms with Crippen LogP contribution in [0.5, 0.6) is 0 Å². The summed E-state index contributed by atoms with van der Waals surface area (Å²) in [6, 6.07) is 0. The van der Waals surface area contributed by atoms with Gasteiger partial charge < -0.3 is 4.74 Å². The SMILES string of the molecule is CC1(c2nccs2)CCCC(CI)O1. The predicted octanol–water partition coefficient (Wildman–Crippen LogP) is 3.36. The number of aromatic nitrogens is 1.